The molecule has 0 bridgehead atoms. The van der Waals surface area contributed by atoms with Gasteiger partial charge in [-0.25, -0.2) is 18.0 Å². The lowest BCUT2D eigenvalue weighted by atomic mass is 10.1. The lowest BCUT2D eigenvalue weighted by molar-refractivity contribution is -0.154. The van der Waals surface area contributed by atoms with Crippen molar-refractivity contribution < 1.29 is 32.3 Å². The van der Waals surface area contributed by atoms with E-state index >= 15 is 0 Å². The largest absolute Gasteiger partial charge is 0.534 e. The first-order valence-corrected chi connectivity index (χ1v) is 13.8. The van der Waals surface area contributed by atoms with Gasteiger partial charge in [0.2, 0.25) is 0 Å². The predicted molar refractivity (Wildman–Crippen MR) is 143 cm³/mol. The first-order chi connectivity index (χ1) is 17.6. The number of pyridine rings is 1. The van der Waals surface area contributed by atoms with E-state index in [0.717, 1.165) is 10.9 Å². The van der Waals surface area contributed by atoms with Crippen molar-refractivity contribution in [1.82, 2.24) is 10.0 Å². The van der Waals surface area contributed by atoms with Crippen LogP contribution in [0.5, 0.6) is 0 Å². The average Bonchev–Trinajstić information content (AvgIpc) is 2.79. The number of rotatable bonds is 5. The molecule has 10 heteroatoms. The number of carbonyl (C=O) groups is 2. The second-order valence-electron chi connectivity index (χ2n) is 10.9. The van der Waals surface area contributed by atoms with Crippen LogP contribution in [0.25, 0.3) is 10.9 Å². The molecule has 2 aromatic carbocycles. The van der Waals surface area contributed by atoms with E-state index in [9.17, 15) is 18.0 Å². The number of fused-ring (bicyclic) bond motifs is 1. The van der Waals surface area contributed by atoms with Gasteiger partial charge in [-0.05, 0) is 77.8 Å². The molecule has 0 unspecified atom stereocenters. The number of hydrogen-bond donors (Lipinski definition) is 0. The van der Waals surface area contributed by atoms with Gasteiger partial charge in [-0.1, -0.05) is 36.4 Å². The maximum absolute atomic E-state index is 13.6. The van der Waals surface area contributed by atoms with Crippen molar-refractivity contribution >= 4 is 33.0 Å². The third-order valence-electron chi connectivity index (χ3n) is 5.20. The molecule has 3 aromatic rings. The van der Waals surface area contributed by atoms with E-state index in [0.29, 0.717) is 10.6 Å². The second kappa shape index (κ2) is 11.0. The summed E-state index contributed by atoms with van der Waals surface area (Å²) in [5, 5.41) is 1.52. The van der Waals surface area contributed by atoms with E-state index in [1.165, 1.54) is 12.3 Å². The van der Waals surface area contributed by atoms with Crippen molar-refractivity contribution in [3.8, 4) is 0 Å². The highest BCUT2D eigenvalue weighted by Gasteiger charge is 2.35. The topological polar surface area (TPSA) is 112 Å². The molecule has 1 heterocycles. The molecule has 0 radical (unpaired) electrons. The molecule has 0 N–H and O–H groups in total. The van der Waals surface area contributed by atoms with Gasteiger partial charge < -0.3 is 9.47 Å². The van der Waals surface area contributed by atoms with Crippen LogP contribution in [0.3, 0.4) is 0 Å². The zero-order valence-corrected chi connectivity index (χ0v) is 23.5. The summed E-state index contributed by atoms with van der Waals surface area (Å²) in [7, 11) is -3.90. The van der Waals surface area contributed by atoms with Gasteiger partial charge >= 0.3 is 12.2 Å². The zero-order valence-electron chi connectivity index (χ0n) is 22.7. The summed E-state index contributed by atoms with van der Waals surface area (Å²) >= 11 is 0. The summed E-state index contributed by atoms with van der Waals surface area (Å²) in [6.07, 6.45) is -0.565. The van der Waals surface area contributed by atoms with Crippen LogP contribution in [-0.2, 0) is 29.9 Å². The molecule has 3 rings (SSSR count). The van der Waals surface area contributed by atoms with Crippen LogP contribution in [0.1, 0.15) is 65.6 Å². The van der Waals surface area contributed by atoms with Crippen LogP contribution >= 0.6 is 0 Å². The fourth-order valence-electron chi connectivity index (χ4n) is 3.66. The van der Waals surface area contributed by atoms with Crippen molar-refractivity contribution in [2.24, 2.45) is 0 Å². The van der Waals surface area contributed by atoms with Crippen LogP contribution in [0.4, 0.5) is 9.59 Å². The van der Waals surface area contributed by atoms with E-state index in [1.807, 2.05) is 24.3 Å². The van der Waals surface area contributed by atoms with Gasteiger partial charge in [0.05, 0.1) is 22.2 Å². The quantitative estimate of drug-likeness (QED) is 0.270. The molecular weight excluding hydrogens is 508 g/mol. The highest BCUT2D eigenvalue weighted by atomic mass is 32.2. The van der Waals surface area contributed by atoms with Crippen LogP contribution in [0.2, 0.25) is 0 Å². The first kappa shape index (κ1) is 28.9. The standard InChI is InChI=1S/C28H34N2O7S/c1-19(30(25(31)35-27(2,3)4)37-26(32)36-28(5,6)7)22-13-9-11-15-24(22)38(33,34)18-20-16-21-12-8-10-14-23(21)29-17-20/h8-17,19H,18H2,1-7H3/t19-/m0/s1. The summed E-state index contributed by atoms with van der Waals surface area (Å²) in [4.78, 5) is 35.2. The number of benzene rings is 2. The van der Waals surface area contributed by atoms with E-state index < -0.39 is 39.3 Å². The van der Waals surface area contributed by atoms with Gasteiger partial charge in [-0.15, -0.1) is 5.06 Å². The molecule has 0 aliphatic carbocycles. The molecule has 0 saturated heterocycles. The molecule has 1 amide bonds. The van der Waals surface area contributed by atoms with Gasteiger partial charge in [-0.3, -0.25) is 9.82 Å². The SMILES string of the molecule is C[C@@H](c1ccccc1S(=O)(=O)Cc1cnc2ccccc2c1)N(OC(=O)OC(C)(C)C)C(=O)OC(C)(C)C. The lowest BCUT2D eigenvalue weighted by Crippen LogP contribution is -2.41. The molecular formula is C28H34N2O7S. The number of amides is 1. The van der Waals surface area contributed by atoms with Crippen molar-refractivity contribution in [2.45, 2.75) is 76.4 Å². The van der Waals surface area contributed by atoms with Crippen molar-refractivity contribution in [2.75, 3.05) is 0 Å². The Bertz CT molecular complexity index is 1420. The molecule has 38 heavy (non-hydrogen) atoms. The highest BCUT2D eigenvalue weighted by molar-refractivity contribution is 7.90. The molecule has 0 aliphatic rings. The highest BCUT2D eigenvalue weighted by Crippen LogP contribution is 2.31. The maximum Gasteiger partial charge on any atom is 0.534 e. The van der Waals surface area contributed by atoms with Crippen LogP contribution in [0.15, 0.2) is 65.7 Å². The van der Waals surface area contributed by atoms with Crippen LogP contribution < -0.4 is 0 Å². The number of hydrogen-bond acceptors (Lipinski definition) is 8. The van der Waals surface area contributed by atoms with Crippen LogP contribution in [-0.4, -0.2) is 41.9 Å². The summed E-state index contributed by atoms with van der Waals surface area (Å²) in [5.41, 5.74) is -0.262. The van der Waals surface area contributed by atoms with E-state index in [-0.39, 0.29) is 16.2 Å². The smallest absolute Gasteiger partial charge is 0.442 e. The van der Waals surface area contributed by atoms with Crippen LogP contribution in [0, 0.1) is 0 Å². The number of ether oxygens (including phenoxy) is 2. The Kier molecular flexibility index (Phi) is 8.36. The molecule has 1 atom stereocenters. The molecule has 1 aromatic heterocycles. The van der Waals surface area contributed by atoms with E-state index in [4.69, 9.17) is 14.3 Å². The summed E-state index contributed by atoms with van der Waals surface area (Å²) in [5.74, 6) is -0.312. The fourth-order valence-corrected chi connectivity index (χ4v) is 5.29. The van der Waals surface area contributed by atoms with Gasteiger partial charge in [-0.2, -0.15) is 0 Å². The maximum atomic E-state index is 13.6. The Hall–Kier alpha value is -3.66. The molecule has 9 nitrogen and oxygen atoms in total. The number of sulfone groups is 1. The monoisotopic (exact) mass is 542 g/mol. The molecule has 0 spiro atoms. The second-order valence-corrected chi connectivity index (χ2v) is 12.8. The fraction of sp³-hybridized carbons (Fsp3) is 0.393. The third-order valence-corrected chi connectivity index (χ3v) is 6.95. The number of carbonyl (C=O) groups excluding carboxylic acids is 2. The Morgan fingerprint density at radius 1 is 0.921 bits per heavy atom. The number of nitrogens with zero attached hydrogens (tertiary/aromatic N) is 2. The van der Waals surface area contributed by atoms with E-state index in [1.54, 1.807) is 72.7 Å². The first-order valence-electron chi connectivity index (χ1n) is 12.1. The predicted octanol–water partition coefficient (Wildman–Crippen LogP) is 6.37. The number of hydroxylamine groups is 2. The molecule has 0 aliphatic heterocycles. The normalized spacial score (nSPS) is 13.0. The zero-order chi connectivity index (χ0) is 28.3. The van der Waals surface area contributed by atoms with Gasteiger partial charge in [0.1, 0.15) is 11.2 Å². The molecule has 0 saturated carbocycles. The summed E-state index contributed by atoms with van der Waals surface area (Å²) in [6, 6.07) is 14.4. The number of aromatic nitrogens is 1. The van der Waals surface area contributed by atoms with Gasteiger partial charge in [0, 0.05) is 11.6 Å². The van der Waals surface area contributed by atoms with Crippen molar-refractivity contribution in [1.29, 1.82) is 0 Å². The average molecular weight is 543 g/mol. The Balaban J connectivity index is 1.97. The van der Waals surface area contributed by atoms with Crippen molar-refractivity contribution in [3.05, 3.63) is 71.9 Å². The minimum Gasteiger partial charge on any atom is -0.442 e. The molecule has 0 fully saturated rings. The van der Waals surface area contributed by atoms with E-state index in [2.05, 4.69) is 4.98 Å². The Labute approximate surface area is 223 Å². The summed E-state index contributed by atoms with van der Waals surface area (Å²) in [6.45, 7) is 11.5. The third kappa shape index (κ3) is 7.67. The van der Waals surface area contributed by atoms with Gasteiger partial charge in [0.25, 0.3) is 0 Å². The van der Waals surface area contributed by atoms with Crippen molar-refractivity contribution in [3.63, 3.8) is 0 Å². The van der Waals surface area contributed by atoms with Gasteiger partial charge in [0.15, 0.2) is 9.84 Å². The minimum atomic E-state index is -3.90. The Morgan fingerprint density at radius 2 is 1.53 bits per heavy atom. The Morgan fingerprint density at radius 3 is 2.18 bits per heavy atom. The number of para-hydroxylation sites is 1. The lowest BCUT2D eigenvalue weighted by Gasteiger charge is -2.31. The minimum absolute atomic E-state index is 0.0120. The summed E-state index contributed by atoms with van der Waals surface area (Å²) < 4.78 is 37.8. The molecule has 204 valence electrons.